The number of aromatic amines is 1. The topological polar surface area (TPSA) is 82.6 Å². The maximum atomic E-state index is 11.6. The van der Waals surface area contributed by atoms with Crippen LogP contribution in [0.15, 0.2) is 16.9 Å². The van der Waals surface area contributed by atoms with E-state index in [2.05, 4.69) is 4.98 Å². The predicted molar refractivity (Wildman–Crippen MR) is 57.4 cm³/mol. The summed E-state index contributed by atoms with van der Waals surface area (Å²) in [6.45, 7) is -0.261. The van der Waals surface area contributed by atoms with Crippen LogP contribution in [0.4, 0.5) is 0 Å². The van der Waals surface area contributed by atoms with Gasteiger partial charge in [0.25, 0.3) is 5.56 Å². The second-order valence-electron chi connectivity index (χ2n) is 3.74. The van der Waals surface area contributed by atoms with Crippen LogP contribution in [0.1, 0.15) is 18.1 Å². The van der Waals surface area contributed by atoms with E-state index in [1.165, 1.54) is 0 Å². The second-order valence-corrected chi connectivity index (χ2v) is 4.15. The Bertz CT molecular complexity index is 433. The van der Waals surface area contributed by atoms with Crippen molar-refractivity contribution in [2.75, 3.05) is 6.61 Å². The maximum Gasteiger partial charge on any atom is 0.254 e. The minimum absolute atomic E-state index is 0.256. The van der Waals surface area contributed by atoms with Gasteiger partial charge in [0.05, 0.1) is 18.8 Å². The number of rotatable bonds is 2. The Balaban J connectivity index is 2.23. The molecule has 1 saturated heterocycles. The second kappa shape index (κ2) is 4.55. The van der Waals surface area contributed by atoms with Crippen LogP contribution >= 0.6 is 11.6 Å². The van der Waals surface area contributed by atoms with E-state index in [1.807, 2.05) is 0 Å². The van der Waals surface area contributed by atoms with E-state index < -0.39 is 18.3 Å². The number of aromatic nitrogens is 1. The van der Waals surface area contributed by atoms with Crippen molar-refractivity contribution in [1.82, 2.24) is 4.98 Å². The molecule has 2 rings (SSSR count). The largest absolute Gasteiger partial charge is 0.394 e. The molecule has 6 heteroatoms. The minimum Gasteiger partial charge on any atom is -0.394 e. The Morgan fingerprint density at radius 3 is 2.88 bits per heavy atom. The van der Waals surface area contributed by atoms with Gasteiger partial charge in [-0.05, 0) is 12.1 Å². The van der Waals surface area contributed by atoms with Crippen LogP contribution in [-0.2, 0) is 4.74 Å². The molecule has 2 heterocycles. The van der Waals surface area contributed by atoms with Gasteiger partial charge in [-0.2, -0.15) is 0 Å². The minimum atomic E-state index is -0.745. The summed E-state index contributed by atoms with van der Waals surface area (Å²) in [7, 11) is 0. The number of aliphatic hydroxyl groups is 2. The fourth-order valence-electron chi connectivity index (χ4n) is 1.81. The molecule has 0 unspecified atom stereocenters. The van der Waals surface area contributed by atoms with Gasteiger partial charge in [0.1, 0.15) is 11.3 Å². The third kappa shape index (κ3) is 2.12. The Morgan fingerprint density at radius 2 is 2.31 bits per heavy atom. The van der Waals surface area contributed by atoms with Gasteiger partial charge in [0, 0.05) is 12.0 Å². The molecule has 0 aromatic carbocycles. The van der Waals surface area contributed by atoms with Gasteiger partial charge in [0.15, 0.2) is 0 Å². The summed E-state index contributed by atoms with van der Waals surface area (Å²) in [6.07, 6.45) is -1.56. The Kier molecular flexibility index (Phi) is 3.30. The molecule has 3 atom stereocenters. The standard InChI is InChI=1S/C10H12ClNO4/c11-9-2-1-5(10(15)12-9)7-3-6(14)8(4-13)16-7/h1-2,6-8,13-14H,3-4H2,(H,12,15)/t6-,7+,8+/m0/s1. The van der Waals surface area contributed by atoms with Gasteiger partial charge in [-0.25, -0.2) is 0 Å². The summed E-state index contributed by atoms with van der Waals surface area (Å²) < 4.78 is 5.37. The summed E-state index contributed by atoms with van der Waals surface area (Å²) in [4.78, 5) is 14.0. The van der Waals surface area contributed by atoms with E-state index in [9.17, 15) is 9.90 Å². The predicted octanol–water partition coefficient (Wildman–Crippen LogP) is 0.211. The first-order valence-electron chi connectivity index (χ1n) is 4.95. The van der Waals surface area contributed by atoms with Crippen LogP contribution in [0.5, 0.6) is 0 Å². The van der Waals surface area contributed by atoms with Crippen LogP contribution < -0.4 is 5.56 Å². The fraction of sp³-hybridized carbons (Fsp3) is 0.500. The zero-order chi connectivity index (χ0) is 11.7. The molecule has 1 aromatic rings. The molecule has 1 aliphatic rings. The lowest BCUT2D eigenvalue weighted by Crippen LogP contribution is -2.24. The number of aliphatic hydroxyl groups excluding tert-OH is 2. The van der Waals surface area contributed by atoms with Crippen molar-refractivity contribution in [1.29, 1.82) is 0 Å². The highest BCUT2D eigenvalue weighted by Gasteiger charge is 2.35. The van der Waals surface area contributed by atoms with Gasteiger partial charge >= 0.3 is 0 Å². The van der Waals surface area contributed by atoms with Crippen LogP contribution in [-0.4, -0.2) is 34.0 Å². The van der Waals surface area contributed by atoms with Crippen LogP contribution in [0.2, 0.25) is 5.15 Å². The Hall–Kier alpha value is -0.880. The van der Waals surface area contributed by atoms with Crippen LogP contribution in [0, 0.1) is 0 Å². The zero-order valence-electron chi connectivity index (χ0n) is 8.39. The SMILES string of the molecule is O=c1[nH]c(Cl)ccc1[C@H]1C[C@H](O)[C@@H](CO)O1. The van der Waals surface area contributed by atoms with Crippen LogP contribution in [0.3, 0.4) is 0 Å². The first-order chi connectivity index (χ1) is 7.61. The van der Waals surface area contributed by atoms with Gasteiger partial charge in [-0.15, -0.1) is 0 Å². The molecule has 88 valence electrons. The summed E-state index contributed by atoms with van der Waals surface area (Å²) in [6, 6.07) is 3.12. The molecular formula is C10H12ClNO4. The van der Waals surface area contributed by atoms with E-state index in [4.69, 9.17) is 21.4 Å². The maximum absolute atomic E-state index is 11.6. The molecule has 0 spiro atoms. The molecule has 0 amide bonds. The molecule has 1 aliphatic heterocycles. The van der Waals surface area contributed by atoms with Crippen molar-refractivity contribution in [3.05, 3.63) is 33.2 Å². The molecule has 3 N–H and O–H groups in total. The van der Waals surface area contributed by atoms with Crippen LogP contribution in [0.25, 0.3) is 0 Å². The number of nitrogens with one attached hydrogen (secondary N) is 1. The highest BCUT2D eigenvalue weighted by molar-refractivity contribution is 6.29. The van der Waals surface area contributed by atoms with E-state index in [0.717, 1.165) is 0 Å². The first kappa shape index (κ1) is 11.6. The van der Waals surface area contributed by atoms with Gasteiger partial charge in [-0.1, -0.05) is 11.6 Å². The lowest BCUT2D eigenvalue weighted by molar-refractivity contribution is -0.0228. The number of ether oxygens (including phenoxy) is 1. The summed E-state index contributed by atoms with van der Waals surface area (Å²) >= 11 is 5.62. The van der Waals surface area contributed by atoms with Crippen molar-refractivity contribution in [3.63, 3.8) is 0 Å². The number of H-pyrrole nitrogens is 1. The number of hydrogen-bond donors (Lipinski definition) is 3. The average molecular weight is 246 g/mol. The van der Waals surface area contributed by atoms with Crippen molar-refractivity contribution in [2.24, 2.45) is 0 Å². The molecule has 1 aromatic heterocycles. The summed E-state index contributed by atoms with van der Waals surface area (Å²) in [5, 5.41) is 18.7. The Morgan fingerprint density at radius 1 is 1.56 bits per heavy atom. The van der Waals surface area contributed by atoms with E-state index in [0.29, 0.717) is 12.0 Å². The summed E-state index contributed by atoms with van der Waals surface area (Å²) in [5.41, 5.74) is 0.0858. The van der Waals surface area contributed by atoms with Crippen molar-refractivity contribution in [3.8, 4) is 0 Å². The molecule has 1 fully saturated rings. The first-order valence-corrected chi connectivity index (χ1v) is 5.32. The van der Waals surface area contributed by atoms with Crippen molar-refractivity contribution in [2.45, 2.75) is 24.7 Å². The third-order valence-corrected chi connectivity index (χ3v) is 2.88. The van der Waals surface area contributed by atoms with Crippen molar-refractivity contribution >= 4 is 11.6 Å². The molecule has 5 nitrogen and oxygen atoms in total. The van der Waals surface area contributed by atoms with Gasteiger partial charge in [-0.3, -0.25) is 4.79 Å². The highest BCUT2D eigenvalue weighted by Crippen LogP contribution is 2.31. The average Bonchev–Trinajstić information content (AvgIpc) is 2.59. The lowest BCUT2D eigenvalue weighted by Gasteiger charge is -2.11. The van der Waals surface area contributed by atoms with E-state index in [1.54, 1.807) is 12.1 Å². The highest BCUT2D eigenvalue weighted by atomic mass is 35.5. The zero-order valence-corrected chi connectivity index (χ0v) is 9.15. The third-order valence-electron chi connectivity index (χ3n) is 2.65. The number of hydrogen-bond acceptors (Lipinski definition) is 4. The quantitative estimate of drug-likeness (QED) is 0.651. The molecule has 0 bridgehead atoms. The molecule has 0 radical (unpaired) electrons. The fourth-order valence-corrected chi connectivity index (χ4v) is 1.96. The molecule has 16 heavy (non-hydrogen) atoms. The normalized spacial score (nSPS) is 29.6. The monoisotopic (exact) mass is 245 g/mol. The summed E-state index contributed by atoms with van der Waals surface area (Å²) in [5.74, 6) is 0. The molecule has 0 saturated carbocycles. The Labute approximate surface area is 96.6 Å². The number of pyridine rings is 1. The van der Waals surface area contributed by atoms with E-state index >= 15 is 0 Å². The number of halogens is 1. The van der Waals surface area contributed by atoms with E-state index in [-0.39, 0.29) is 17.3 Å². The van der Waals surface area contributed by atoms with Gasteiger partial charge in [0.2, 0.25) is 0 Å². The molecule has 0 aliphatic carbocycles. The smallest absolute Gasteiger partial charge is 0.254 e. The molecular weight excluding hydrogens is 234 g/mol. The lowest BCUT2D eigenvalue weighted by atomic mass is 10.1. The van der Waals surface area contributed by atoms with Crippen molar-refractivity contribution < 1.29 is 14.9 Å². The van der Waals surface area contributed by atoms with Gasteiger partial charge < -0.3 is 19.9 Å².